The van der Waals surface area contributed by atoms with Gasteiger partial charge < -0.3 is 15.2 Å². The first-order valence-corrected chi connectivity index (χ1v) is 6.75. The van der Waals surface area contributed by atoms with Gasteiger partial charge in [-0.15, -0.1) is 0 Å². The predicted octanol–water partition coefficient (Wildman–Crippen LogP) is 2.10. The van der Waals surface area contributed by atoms with Gasteiger partial charge in [0.15, 0.2) is 11.5 Å². The number of alkyl halides is 3. The van der Waals surface area contributed by atoms with Crippen molar-refractivity contribution in [2.75, 3.05) is 14.2 Å². The molecule has 23 heavy (non-hydrogen) atoms. The molecule has 1 atom stereocenters. The molecule has 0 aliphatic rings. The maximum absolute atomic E-state index is 12.5. The van der Waals surface area contributed by atoms with Gasteiger partial charge in [0, 0.05) is 12.5 Å². The molecular weight excluding hydrogens is 313 g/mol. The topological polar surface area (TPSA) is 75.2 Å². The van der Waals surface area contributed by atoms with Crippen LogP contribution in [0, 0.1) is 0 Å². The van der Waals surface area contributed by atoms with Crippen LogP contribution in [0.1, 0.15) is 17.4 Å². The van der Waals surface area contributed by atoms with Crippen molar-refractivity contribution >= 4 is 0 Å². The van der Waals surface area contributed by atoms with Crippen LogP contribution >= 0.6 is 0 Å². The second-order valence-electron chi connectivity index (χ2n) is 4.87. The minimum absolute atomic E-state index is 0.117. The Morgan fingerprint density at radius 1 is 1.22 bits per heavy atom. The number of hydrogen-bond donors (Lipinski definition) is 1. The van der Waals surface area contributed by atoms with E-state index in [1.165, 1.54) is 14.2 Å². The molecule has 2 aromatic rings. The van der Waals surface area contributed by atoms with E-state index in [4.69, 9.17) is 15.2 Å². The fraction of sp³-hybridized carbons (Fsp3) is 0.429. The third-order valence-corrected chi connectivity index (χ3v) is 3.26. The maximum Gasteiger partial charge on any atom is 0.408 e. The third-order valence-electron chi connectivity index (χ3n) is 3.26. The first-order chi connectivity index (χ1) is 10.8. The number of benzene rings is 1. The van der Waals surface area contributed by atoms with E-state index >= 15 is 0 Å². The Hall–Kier alpha value is -2.29. The summed E-state index contributed by atoms with van der Waals surface area (Å²) in [7, 11) is 3.00. The Morgan fingerprint density at radius 2 is 1.91 bits per heavy atom. The predicted molar refractivity (Wildman–Crippen MR) is 76.3 cm³/mol. The van der Waals surface area contributed by atoms with E-state index in [9.17, 15) is 13.2 Å². The van der Waals surface area contributed by atoms with Gasteiger partial charge in [0.05, 0.1) is 14.2 Å². The van der Waals surface area contributed by atoms with Crippen molar-refractivity contribution in [2.45, 2.75) is 25.2 Å². The molecule has 0 saturated heterocycles. The molecule has 0 bridgehead atoms. The van der Waals surface area contributed by atoms with Gasteiger partial charge >= 0.3 is 6.18 Å². The Balaban J connectivity index is 2.17. The molecule has 0 aliphatic heterocycles. The summed E-state index contributed by atoms with van der Waals surface area (Å²) in [5.74, 6) is 1.21. The van der Waals surface area contributed by atoms with E-state index in [1.807, 2.05) is 0 Å². The van der Waals surface area contributed by atoms with Gasteiger partial charge in [0.1, 0.15) is 18.7 Å². The summed E-state index contributed by atoms with van der Waals surface area (Å²) in [5, 5.41) is 3.59. The second-order valence-corrected chi connectivity index (χ2v) is 4.87. The fourth-order valence-electron chi connectivity index (χ4n) is 2.15. The summed E-state index contributed by atoms with van der Waals surface area (Å²) in [4.78, 5) is 3.86. The molecule has 0 fully saturated rings. The number of rotatable bonds is 6. The number of ether oxygens (including phenoxy) is 2. The second kappa shape index (κ2) is 6.86. The SMILES string of the molecule is COc1ccc([C@H](N)Cc2ncnn2CC(F)(F)F)cc1OC. The van der Waals surface area contributed by atoms with Crippen molar-refractivity contribution < 1.29 is 22.6 Å². The van der Waals surface area contributed by atoms with Gasteiger partial charge in [0.25, 0.3) is 0 Å². The van der Waals surface area contributed by atoms with E-state index in [0.717, 1.165) is 11.0 Å². The molecule has 1 heterocycles. The molecule has 0 saturated carbocycles. The Labute approximate surface area is 131 Å². The van der Waals surface area contributed by atoms with E-state index in [2.05, 4.69) is 10.1 Å². The molecule has 6 nitrogen and oxygen atoms in total. The summed E-state index contributed by atoms with van der Waals surface area (Å²) in [6, 6.07) is 4.56. The summed E-state index contributed by atoms with van der Waals surface area (Å²) in [6.07, 6.45) is -3.16. The van der Waals surface area contributed by atoms with Crippen LogP contribution in [0.3, 0.4) is 0 Å². The highest BCUT2D eigenvalue weighted by Crippen LogP contribution is 2.30. The van der Waals surface area contributed by atoms with E-state index in [1.54, 1.807) is 18.2 Å². The zero-order chi connectivity index (χ0) is 17.0. The number of nitrogens with two attached hydrogens (primary N) is 1. The summed E-state index contributed by atoms with van der Waals surface area (Å²) in [6.45, 7) is -1.19. The normalized spacial score (nSPS) is 13.0. The van der Waals surface area contributed by atoms with Gasteiger partial charge in [0.2, 0.25) is 0 Å². The van der Waals surface area contributed by atoms with Crippen molar-refractivity contribution in [2.24, 2.45) is 5.73 Å². The standard InChI is InChI=1S/C14H17F3N4O2/c1-22-11-4-3-9(5-12(11)23-2)10(18)6-13-19-8-20-21(13)7-14(15,16)17/h3-5,8,10H,6-7,18H2,1-2H3/t10-/m1/s1. The maximum atomic E-state index is 12.5. The Kier molecular flexibility index (Phi) is 5.09. The number of aromatic nitrogens is 3. The average molecular weight is 330 g/mol. The quantitative estimate of drug-likeness (QED) is 0.878. The van der Waals surface area contributed by atoms with Crippen molar-refractivity contribution in [1.82, 2.24) is 14.8 Å². The highest BCUT2D eigenvalue weighted by molar-refractivity contribution is 5.43. The van der Waals surface area contributed by atoms with Crippen LogP contribution in [0.4, 0.5) is 13.2 Å². The van der Waals surface area contributed by atoms with Crippen molar-refractivity contribution in [3.8, 4) is 11.5 Å². The first kappa shape index (κ1) is 17.1. The Bertz CT molecular complexity index is 658. The van der Waals surface area contributed by atoms with Crippen LogP contribution < -0.4 is 15.2 Å². The van der Waals surface area contributed by atoms with Crippen LogP contribution in [-0.2, 0) is 13.0 Å². The van der Waals surface area contributed by atoms with Crippen LogP contribution in [0.5, 0.6) is 11.5 Å². The molecule has 126 valence electrons. The van der Waals surface area contributed by atoms with Crippen LogP contribution in [0.15, 0.2) is 24.5 Å². The molecule has 1 aromatic heterocycles. The van der Waals surface area contributed by atoms with Crippen LogP contribution in [0.25, 0.3) is 0 Å². The van der Waals surface area contributed by atoms with Gasteiger partial charge in [-0.2, -0.15) is 18.3 Å². The fourth-order valence-corrected chi connectivity index (χ4v) is 2.15. The number of methoxy groups -OCH3 is 2. The lowest BCUT2D eigenvalue weighted by Gasteiger charge is -2.15. The number of nitrogens with zero attached hydrogens (tertiary/aromatic N) is 3. The largest absolute Gasteiger partial charge is 0.493 e. The molecular formula is C14H17F3N4O2. The first-order valence-electron chi connectivity index (χ1n) is 6.75. The summed E-state index contributed by atoms with van der Waals surface area (Å²) in [5.41, 5.74) is 6.77. The highest BCUT2D eigenvalue weighted by atomic mass is 19.4. The molecule has 0 aliphatic carbocycles. The molecule has 0 spiro atoms. The Morgan fingerprint density at radius 3 is 2.52 bits per heavy atom. The van der Waals surface area contributed by atoms with E-state index in [0.29, 0.717) is 17.1 Å². The minimum atomic E-state index is -4.37. The van der Waals surface area contributed by atoms with Gasteiger partial charge in [-0.1, -0.05) is 6.07 Å². The van der Waals surface area contributed by atoms with E-state index < -0.39 is 18.8 Å². The van der Waals surface area contributed by atoms with Crippen LogP contribution in [0.2, 0.25) is 0 Å². The van der Waals surface area contributed by atoms with Gasteiger partial charge in [-0.25, -0.2) is 9.67 Å². The molecule has 0 radical (unpaired) electrons. The molecule has 0 amide bonds. The number of hydrogen-bond acceptors (Lipinski definition) is 5. The molecule has 2 rings (SSSR count). The van der Waals surface area contributed by atoms with Crippen molar-refractivity contribution in [3.05, 3.63) is 35.9 Å². The minimum Gasteiger partial charge on any atom is -0.493 e. The number of halogens is 3. The van der Waals surface area contributed by atoms with Crippen molar-refractivity contribution in [3.63, 3.8) is 0 Å². The molecule has 1 aromatic carbocycles. The molecule has 0 unspecified atom stereocenters. The third kappa shape index (κ3) is 4.35. The lowest BCUT2D eigenvalue weighted by molar-refractivity contribution is -0.143. The zero-order valence-corrected chi connectivity index (χ0v) is 12.7. The summed E-state index contributed by atoms with van der Waals surface area (Å²) >= 11 is 0. The monoisotopic (exact) mass is 330 g/mol. The molecule has 2 N–H and O–H groups in total. The molecule has 9 heteroatoms. The van der Waals surface area contributed by atoms with Crippen molar-refractivity contribution in [1.29, 1.82) is 0 Å². The lowest BCUT2D eigenvalue weighted by atomic mass is 10.0. The van der Waals surface area contributed by atoms with E-state index in [-0.39, 0.29) is 12.2 Å². The lowest BCUT2D eigenvalue weighted by Crippen LogP contribution is -2.23. The van der Waals surface area contributed by atoms with Gasteiger partial charge in [-0.3, -0.25) is 0 Å². The summed E-state index contributed by atoms with van der Waals surface area (Å²) < 4.78 is 48.6. The smallest absolute Gasteiger partial charge is 0.408 e. The average Bonchev–Trinajstić information content (AvgIpc) is 2.91. The zero-order valence-electron chi connectivity index (χ0n) is 12.7. The highest BCUT2D eigenvalue weighted by Gasteiger charge is 2.30. The van der Waals surface area contributed by atoms with Crippen LogP contribution in [-0.4, -0.2) is 35.2 Å². The van der Waals surface area contributed by atoms with Gasteiger partial charge in [-0.05, 0) is 17.7 Å².